The van der Waals surface area contributed by atoms with Crippen LogP contribution in [0.3, 0.4) is 0 Å². The largest absolute Gasteiger partial charge is 0.492 e. The lowest BCUT2D eigenvalue weighted by Gasteiger charge is -2.08. The predicted molar refractivity (Wildman–Crippen MR) is 64.5 cm³/mol. The van der Waals surface area contributed by atoms with Crippen LogP contribution in [0.1, 0.15) is 0 Å². The van der Waals surface area contributed by atoms with Crippen molar-refractivity contribution in [3.05, 3.63) is 38.7 Å². The highest BCUT2D eigenvalue weighted by atomic mass is 16.6. The second-order valence-corrected chi connectivity index (χ2v) is 3.52. The Kier molecular flexibility index (Phi) is 3.15. The fraction of sp³-hybridized carbons (Fsp3) is 0.0909. The number of nitrogens with one attached hydrogen (secondary N) is 1. The number of hydrogen-bond acceptors (Lipinski definition) is 6. The quantitative estimate of drug-likeness (QED) is 0.500. The molecule has 0 fully saturated rings. The van der Waals surface area contributed by atoms with Crippen LogP contribution in [0.4, 0.5) is 5.69 Å². The zero-order chi connectivity index (χ0) is 14.0. The van der Waals surface area contributed by atoms with Crippen LogP contribution in [0.2, 0.25) is 0 Å². The van der Waals surface area contributed by atoms with Crippen molar-refractivity contribution >= 4 is 23.1 Å². The Balaban J connectivity index is 2.80. The minimum atomic E-state index is -0.711. The van der Waals surface area contributed by atoms with Gasteiger partial charge >= 0.3 is 0 Å². The van der Waals surface area contributed by atoms with Gasteiger partial charge in [-0.2, -0.15) is 0 Å². The number of nitro benzene ring substituents is 1. The number of methoxy groups -OCH3 is 1. The summed E-state index contributed by atoms with van der Waals surface area (Å²) in [5, 5.41) is 11.1. The second kappa shape index (κ2) is 4.77. The SMILES string of the molecule is COc1c(OC=O)c(=O)[nH]c2cc([N+](=O)[O-])ccc12. The maximum atomic E-state index is 11.7. The molecule has 0 atom stereocenters. The summed E-state index contributed by atoms with van der Waals surface area (Å²) in [6.07, 6.45) is 0. The number of aromatic amines is 1. The number of carbonyl (C=O) groups excluding carboxylic acids is 1. The van der Waals surface area contributed by atoms with E-state index in [2.05, 4.69) is 9.72 Å². The van der Waals surface area contributed by atoms with E-state index in [0.29, 0.717) is 5.39 Å². The molecule has 0 aliphatic rings. The molecule has 0 saturated carbocycles. The second-order valence-electron chi connectivity index (χ2n) is 3.52. The van der Waals surface area contributed by atoms with Crippen molar-refractivity contribution in [3.8, 4) is 11.5 Å². The molecule has 0 saturated heterocycles. The highest BCUT2D eigenvalue weighted by molar-refractivity contribution is 5.89. The molecule has 8 nitrogen and oxygen atoms in total. The van der Waals surface area contributed by atoms with Gasteiger partial charge in [-0.1, -0.05) is 0 Å². The van der Waals surface area contributed by atoms with Gasteiger partial charge < -0.3 is 14.5 Å². The first-order valence-corrected chi connectivity index (χ1v) is 5.07. The van der Waals surface area contributed by atoms with E-state index in [-0.39, 0.29) is 29.2 Å². The van der Waals surface area contributed by atoms with Gasteiger partial charge in [-0.15, -0.1) is 0 Å². The van der Waals surface area contributed by atoms with Gasteiger partial charge in [0.15, 0.2) is 5.75 Å². The van der Waals surface area contributed by atoms with Crippen LogP contribution in [0, 0.1) is 10.1 Å². The summed E-state index contributed by atoms with van der Waals surface area (Å²) in [7, 11) is 1.30. The molecule has 1 N–H and O–H groups in total. The molecular weight excluding hydrogens is 256 g/mol. The summed E-state index contributed by atoms with van der Waals surface area (Å²) >= 11 is 0. The molecule has 1 aromatic carbocycles. The Hall–Kier alpha value is -2.90. The number of pyridine rings is 1. The van der Waals surface area contributed by atoms with Crippen molar-refractivity contribution in [2.24, 2.45) is 0 Å². The average Bonchev–Trinajstić information content (AvgIpc) is 2.39. The maximum Gasteiger partial charge on any atom is 0.298 e. The minimum Gasteiger partial charge on any atom is -0.492 e. The fourth-order valence-corrected chi connectivity index (χ4v) is 1.71. The zero-order valence-corrected chi connectivity index (χ0v) is 9.71. The van der Waals surface area contributed by atoms with E-state index < -0.39 is 10.5 Å². The molecule has 2 rings (SSSR count). The monoisotopic (exact) mass is 264 g/mol. The molecule has 2 aromatic rings. The average molecular weight is 264 g/mol. The molecule has 1 heterocycles. The summed E-state index contributed by atoms with van der Waals surface area (Å²) in [4.78, 5) is 34.5. The number of carbonyl (C=O) groups is 1. The summed E-state index contributed by atoms with van der Waals surface area (Å²) in [6.45, 7) is 0.102. The maximum absolute atomic E-state index is 11.7. The number of rotatable bonds is 4. The number of hydrogen-bond donors (Lipinski definition) is 1. The molecule has 0 aliphatic heterocycles. The topological polar surface area (TPSA) is 112 Å². The molecule has 98 valence electrons. The lowest BCUT2D eigenvalue weighted by atomic mass is 10.2. The summed E-state index contributed by atoms with van der Waals surface area (Å²) < 4.78 is 9.58. The van der Waals surface area contributed by atoms with Crippen LogP contribution in [0.15, 0.2) is 23.0 Å². The van der Waals surface area contributed by atoms with Crippen molar-refractivity contribution in [2.75, 3.05) is 7.11 Å². The van der Waals surface area contributed by atoms with E-state index in [1.807, 2.05) is 0 Å². The van der Waals surface area contributed by atoms with Crippen LogP contribution in [0.5, 0.6) is 11.5 Å². The fourth-order valence-electron chi connectivity index (χ4n) is 1.71. The van der Waals surface area contributed by atoms with Crippen LogP contribution in [0.25, 0.3) is 10.9 Å². The lowest BCUT2D eigenvalue weighted by molar-refractivity contribution is -0.384. The van der Waals surface area contributed by atoms with Gasteiger partial charge in [0.05, 0.1) is 17.5 Å². The van der Waals surface area contributed by atoms with Gasteiger partial charge in [0.2, 0.25) is 5.75 Å². The van der Waals surface area contributed by atoms with E-state index in [1.165, 1.54) is 25.3 Å². The third kappa shape index (κ3) is 2.10. The third-order valence-corrected chi connectivity index (χ3v) is 2.49. The first kappa shape index (κ1) is 12.6. The van der Waals surface area contributed by atoms with Crippen molar-refractivity contribution in [1.82, 2.24) is 4.98 Å². The Morgan fingerprint density at radius 2 is 2.11 bits per heavy atom. The molecule has 0 aliphatic carbocycles. The van der Waals surface area contributed by atoms with Crippen LogP contribution >= 0.6 is 0 Å². The first-order valence-electron chi connectivity index (χ1n) is 5.07. The van der Waals surface area contributed by atoms with E-state index >= 15 is 0 Å². The normalized spacial score (nSPS) is 10.2. The van der Waals surface area contributed by atoms with E-state index in [9.17, 15) is 19.7 Å². The Morgan fingerprint density at radius 1 is 1.37 bits per heavy atom. The summed E-state index contributed by atoms with van der Waals surface area (Å²) in [6, 6.07) is 3.86. The number of nitrogens with zero attached hydrogens (tertiary/aromatic N) is 1. The van der Waals surface area contributed by atoms with Crippen molar-refractivity contribution in [3.63, 3.8) is 0 Å². The predicted octanol–water partition coefficient (Wildman–Crippen LogP) is 0.980. The van der Waals surface area contributed by atoms with Crippen molar-refractivity contribution < 1.29 is 19.2 Å². The number of H-pyrrole nitrogens is 1. The Labute approximate surface area is 105 Å². The number of ether oxygens (including phenoxy) is 2. The molecule has 0 bridgehead atoms. The van der Waals surface area contributed by atoms with E-state index in [4.69, 9.17) is 4.74 Å². The molecule has 0 amide bonds. The van der Waals surface area contributed by atoms with Gasteiger partial charge in [-0.05, 0) is 6.07 Å². The van der Waals surface area contributed by atoms with E-state index in [0.717, 1.165) is 0 Å². The highest BCUT2D eigenvalue weighted by Gasteiger charge is 2.17. The molecule has 0 radical (unpaired) electrons. The molecule has 0 spiro atoms. The molecule has 0 unspecified atom stereocenters. The number of nitro groups is 1. The smallest absolute Gasteiger partial charge is 0.298 e. The highest BCUT2D eigenvalue weighted by Crippen LogP contribution is 2.32. The van der Waals surface area contributed by atoms with Gasteiger partial charge in [-0.3, -0.25) is 19.7 Å². The van der Waals surface area contributed by atoms with Crippen LogP contribution in [-0.4, -0.2) is 23.5 Å². The Bertz CT molecular complexity index is 721. The number of benzene rings is 1. The summed E-state index contributed by atoms with van der Waals surface area (Å²) in [5.74, 6) is -0.250. The van der Waals surface area contributed by atoms with Crippen LogP contribution in [-0.2, 0) is 4.79 Å². The van der Waals surface area contributed by atoms with Gasteiger partial charge in [0, 0.05) is 17.5 Å². The minimum absolute atomic E-state index is 0.0424. The molecular formula is C11H8N2O6. The zero-order valence-electron chi connectivity index (χ0n) is 9.71. The van der Waals surface area contributed by atoms with E-state index in [1.54, 1.807) is 0 Å². The standard InChI is InChI=1S/C11H8N2O6/c1-18-9-7-3-2-6(13(16)17)4-8(7)12-11(15)10(9)19-5-14/h2-5H,1H3,(H,12,15). The van der Waals surface area contributed by atoms with Crippen molar-refractivity contribution in [2.45, 2.75) is 0 Å². The van der Waals surface area contributed by atoms with Gasteiger partial charge in [-0.25, -0.2) is 0 Å². The van der Waals surface area contributed by atoms with Crippen molar-refractivity contribution in [1.29, 1.82) is 0 Å². The molecule has 19 heavy (non-hydrogen) atoms. The summed E-state index contributed by atoms with van der Waals surface area (Å²) in [5.41, 5.74) is -0.666. The molecule has 1 aromatic heterocycles. The Morgan fingerprint density at radius 3 is 2.68 bits per heavy atom. The van der Waals surface area contributed by atoms with Crippen LogP contribution < -0.4 is 15.0 Å². The lowest BCUT2D eigenvalue weighted by Crippen LogP contribution is -2.12. The third-order valence-electron chi connectivity index (χ3n) is 2.49. The van der Waals surface area contributed by atoms with Gasteiger partial charge in [0.1, 0.15) is 0 Å². The molecule has 8 heteroatoms. The number of non-ortho nitro benzene ring substituents is 1. The number of aromatic nitrogens is 1. The first-order chi connectivity index (χ1) is 9.08. The van der Waals surface area contributed by atoms with Gasteiger partial charge in [0.25, 0.3) is 17.7 Å². The number of fused-ring (bicyclic) bond motifs is 1.